The smallest absolute Gasteiger partial charge is 0.416 e. The minimum absolute atomic E-state index is 0.000249. The van der Waals surface area contributed by atoms with Gasteiger partial charge in [0.2, 0.25) is 5.91 Å². The van der Waals surface area contributed by atoms with E-state index in [0.29, 0.717) is 26.7 Å². The molecule has 3 rings (SSSR count). The van der Waals surface area contributed by atoms with Gasteiger partial charge in [0.25, 0.3) is 11.1 Å². The number of imide groups is 1. The predicted molar refractivity (Wildman–Crippen MR) is 109 cm³/mol. The number of carbonyl (C=O) groups is 3. The van der Waals surface area contributed by atoms with Crippen molar-refractivity contribution in [2.45, 2.75) is 6.18 Å². The van der Waals surface area contributed by atoms with E-state index in [1.54, 1.807) is 12.1 Å². The van der Waals surface area contributed by atoms with Crippen molar-refractivity contribution in [1.29, 1.82) is 0 Å². The molecule has 0 bridgehead atoms. The van der Waals surface area contributed by atoms with Crippen molar-refractivity contribution in [3.63, 3.8) is 0 Å². The Morgan fingerprint density at radius 1 is 1.20 bits per heavy atom. The van der Waals surface area contributed by atoms with Crippen LogP contribution >= 0.6 is 27.7 Å². The van der Waals surface area contributed by atoms with Gasteiger partial charge in [-0.3, -0.25) is 19.3 Å². The van der Waals surface area contributed by atoms with Crippen molar-refractivity contribution in [2.75, 3.05) is 11.9 Å². The number of anilines is 1. The second kappa shape index (κ2) is 8.52. The van der Waals surface area contributed by atoms with Crippen molar-refractivity contribution < 1.29 is 32.7 Å². The molecule has 30 heavy (non-hydrogen) atoms. The van der Waals surface area contributed by atoms with Gasteiger partial charge in [0, 0.05) is 15.7 Å². The highest BCUT2D eigenvalue weighted by Crippen LogP contribution is 2.34. The van der Waals surface area contributed by atoms with Crippen LogP contribution < -0.4 is 5.32 Å². The summed E-state index contributed by atoms with van der Waals surface area (Å²) in [7, 11) is 0. The van der Waals surface area contributed by atoms with Gasteiger partial charge < -0.3 is 10.4 Å². The lowest BCUT2D eigenvalue weighted by Crippen LogP contribution is -2.36. The third kappa shape index (κ3) is 5.03. The average molecular weight is 501 g/mol. The number of rotatable bonds is 4. The van der Waals surface area contributed by atoms with Crippen LogP contribution in [0.2, 0.25) is 0 Å². The summed E-state index contributed by atoms with van der Waals surface area (Å²) in [6.45, 7) is -0.664. The van der Waals surface area contributed by atoms with Gasteiger partial charge in [-0.2, -0.15) is 13.2 Å². The third-order valence-corrected chi connectivity index (χ3v) is 5.33. The van der Waals surface area contributed by atoms with Gasteiger partial charge in [0.05, 0.1) is 10.5 Å². The number of carbonyl (C=O) groups excluding carboxylic acids is 3. The zero-order valence-corrected chi connectivity index (χ0v) is 17.3. The van der Waals surface area contributed by atoms with Crippen LogP contribution in [0.1, 0.15) is 11.1 Å². The molecule has 0 aliphatic carbocycles. The maximum atomic E-state index is 12.8. The molecule has 3 amide bonds. The molecule has 1 aliphatic heterocycles. The highest BCUT2D eigenvalue weighted by molar-refractivity contribution is 9.10. The van der Waals surface area contributed by atoms with Gasteiger partial charge in [-0.1, -0.05) is 22.0 Å². The van der Waals surface area contributed by atoms with Gasteiger partial charge in [-0.05, 0) is 54.2 Å². The number of alkyl halides is 3. The molecule has 11 heteroatoms. The predicted octanol–water partition coefficient (Wildman–Crippen LogP) is 4.85. The number of phenolic OH excluding ortho intramolecular Hbond substituents is 1. The van der Waals surface area contributed by atoms with E-state index < -0.39 is 35.3 Å². The van der Waals surface area contributed by atoms with E-state index in [2.05, 4.69) is 21.2 Å². The molecular formula is C19H12BrF3N2O4S. The van der Waals surface area contributed by atoms with Crippen molar-refractivity contribution in [3.05, 3.63) is 63.0 Å². The van der Waals surface area contributed by atoms with E-state index in [0.717, 1.165) is 18.2 Å². The molecule has 1 heterocycles. The summed E-state index contributed by atoms with van der Waals surface area (Å²) < 4.78 is 39.0. The zero-order chi connectivity index (χ0) is 22.1. The van der Waals surface area contributed by atoms with E-state index in [4.69, 9.17) is 0 Å². The SMILES string of the molecule is O=C(CN1C(=O)S/C(=C\c2cc(Br)ccc2O)C1=O)Nc1cccc(C(F)(F)F)c1. The summed E-state index contributed by atoms with van der Waals surface area (Å²) in [5, 5.41) is 11.4. The molecule has 0 saturated carbocycles. The largest absolute Gasteiger partial charge is 0.507 e. The number of halogens is 4. The maximum absolute atomic E-state index is 12.8. The Balaban J connectivity index is 1.72. The molecule has 6 nitrogen and oxygen atoms in total. The van der Waals surface area contributed by atoms with Crippen molar-refractivity contribution in [1.82, 2.24) is 4.90 Å². The fourth-order valence-electron chi connectivity index (χ4n) is 2.54. The number of aromatic hydroxyl groups is 1. The Morgan fingerprint density at radius 2 is 1.93 bits per heavy atom. The van der Waals surface area contributed by atoms with Crippen LogP contribution in [0.3, 0.4) is 0 Å². The van der Waals surface area contributed by atoms with E-state index in [-0.39, 0.29) is 16.3 Å². The Hall–Kier alpha value is -2.79. The topological polar surface area (TPSA) is 86.7 Å². The molecule has 2 aromatic carbocycles. The van der Waals surface area contributed by atoms with E-state index in [1.807, 2.05) is 0 Å². The molecule has 0 atom stereocenters. The van der Waals surface area contributed by atoms with Gasteiger partial charge in [0.15, 0.2) is 0 Å². The number of hydrogen-bond donors (Lipinski definition) is 2. The van der Waals surface area contributed by atoms with Gasteiger partial charge in [0.1, 0.15) is 12.3 Å². The Morgan fingerprint density at radius 3 is 2.63 bits per heavy atom. The van der Waals surface area contributed by atoms with Crippen LogP contribution in [0.5, 0.6) is 5.75 Å². The molecule has 1 fully saturated rings. The first-order valence-electron chi connectivity index (χ1n) is 8.25. The quantitative estimate of drug-likeness (QED) is 0.586. The summed E-state index contributed by atoms with van der Waals surface area (Å²) in [4.78, 5) is 37.5. The first-order valence-corrected chi connectivity index (χ1v) is 9.86. The van der Waals surface area contributed by atoms with Crippen LogP contribution in [0.25, 0.3) is 6.08 Å². The van der Waals surface area contributed by atoms with Gasteiger partial charge in [-0.15, -0.1) is 0 Å². The van der Waals surface area contributed by atoms with E-state index >= 15 is 0 Å². The lowest BCUT2D eigenvalue weighted by atomic mass is 10.2. The van der Waals surface area contributed by atoms with Crippen LogP contribution in [0.15, 0.2) is 51.8 Å². The summed E-state index contributed by atoms with van der Waals surface area (Å²) in [5.41, 5.74) is -0.761. The highest BCUT2D eigenvalue weighted by atomic mass is 79.9. The minimum Gasteiger partial charge on any atom is -0.507 e. The molecule has 1 aliphatic rings. The molecule has 0 radical (unpaired) electrons. The molecule has 156 valence electrons. The lowest BCUT2D eigenvalue weighted by molar-refractivity contribution is -0.137. The van der Waals surface area contributed by atoms with Crippen LogP contribution in [0, 0.1) is 0 Å². The second-order valence-corrected chi connectivity index (χ2v) is 8.01. The summed E-state index contributed by atoms with van der Waals surface area (Å²) >= 11 is 3.82. The fourth-order valence-corrected chi connectivity index (χ4v) is 3.74. The van der Waals surface area contributed by atoms with Crippen molar-refractivity contribution in [3.8, 4) is 5.75 Å². The lowest BCUT2D eigenvalue weighted by Gasteiger charge is -2.13. The molecule has 1 saturated heterocycles. The molecule has 0 aromatic heterocycles. The first-order chi connectivity index (χ1) is 14.0. The first kappa shape index (κ1) is 21.9. The number of phenols is 1. The molecule has 2 aromatic rings. The van der Waals surface area contributed by atoms with Crippen molar-refractivity contribution in [2.24, 2.45) is 0 Å². The summed E-state index contributed by atoms with van der Waals surface area (Å²) in [6, 6.07) is 8.54. The standard InChI is InChI=1S/C19H12BrF3N2O4S/c20-12-4-5-14(26)10(6-12)7-15-17(28)25(18(29)30-15)9-16(27)24-13-3-1-2-11(8-13)19(21,22)23/h1-8,26H,9H2,(H,24,27)/b15-7-. The Labute approximate surface area is 180 Å². The van der Waals surface area contributed by atoms with E-state index in [1.165, 1.54) is 18.2 Å². The second-order valence-electron chi connectivity index (χ2n) is 6.10. The van der Waals surface area contributed by atoms with Crippen LogP contribution in [0.4, 0.5) is 23.7 Å². The molecular weight excluding hydrogens is 489 g/mol. The maximum Gasteiger partial charge on any atom is 0.416 e. The van der Waals surface area contributed by atoms with Gasteiger partial charge >= 0.3 is 6.18 Å². The summed E-state index contributed by atoms with van der Waals surface area (Å²) in [5.74, 6) is -1.68. The number of nitrogens with one attached hydrogen (secondary N) is 1. The fraction of sp³-hybridized carbons (Fsp3) is 0.105. The molecule has 0 spiro atoms. The van der Waals surface area contributed by atoms with Crippen LogP contribution in [-0.2, 0) is 15.8 Å². The zero-order valence-electron chi connectivity index (χ0n) is 14.9. The average Bonchev–Trinajstić information content (AvgIpc) is 2.91. The van der Waals surface area contributed by atoms with Crippen molar-refractivity contribution >= 4 is 56.5 Å². The minimum atomic E-state index is -4.57. The Bertz CT molecular complexity index is 1070. The monoisotopic (exact) mass is 500 g/mol. The normalized spacial score (nSPS) is 15.7. The number of amides is 3. The number of hydrogen-bond acceptors (Lipinski definition) is 5. The molecule has 2 N–H and O–H groups in total. The van der Waals surface area contributed by atoms with E-state index in [9.17, 15) is 32.7 Å². The number of nitrogens with zero attached hydrogens (tertiary/aromatic N) is 1. The molecule has 0 unspecified atom stereocenters. The Kier molecular flexibility index (Phi) is 6.22. The highest BCUT2D eigenvalue weighted by Gasteiger charge is 2.36. The number of thioether (sulfide) groups is 1. The third-order valence-electron chi connectivity index (χ3n) is 3.93. The summed E-state index contributed by atoms with van der Waals surface area (Å²) in [6.07, 6.45) is -3.26. The van der Waals surface area contributed by atoms with Gasteiger partial charge in [-0.25, -0.2) is 0 Å². The van der Waals surface area contributed by atoms with Crippen LogP contribution in [-0.4, -0.2) is 33.6 Å². The number of benzene rings is 2.